The van der Waals surface area contributed by atoms with E-state index in [1.165, 1.54) is 4.57 Å². The minimum Gasteiger partial charge on any atom is -0.408 e. The van der Waals surface area contributed by atoms with E-state index in [4.69, 9.17) is 14.1 Å². The molecular formula is C22H20N4O4S. The van der Waals surface area contributed by atoms with Crippen molar-refractivity contribution < 1.29 is 13.9 Å². The lowest BCUT2D eigenvalue weighted by atomic mass is 10.1. The standard InChI is InChI=1S/C22H20N4O4S/c27-20(13-26-18-3-1-2-4-19(18)30-22(26)28)23-16-7-5-15(6-8-16)17-14-31-21(24-17)25-9-11-29-12-10-25/h1-8,14H,9-13H2,(H,23,27). The summed E-state index contributed by atoms with van der Waals surface area (Å²) in [5, 5.41) is 5.86. The molecule has 0 bridgehead atoms. The largest absolute Gasteiger partial charge is 0.420 e. The van der Waals surface area contributed by atoms with Crippen molar-refractivity contribution in [1.29, 1.82) is 0 Å². The maximum Gasteiger partial charge on any atom is 0.420 e. The summed E-state index contributed by atoms with van der Waals surface area (Å²) in [5.41, 5.74) is 3.59. The number of carbonyl (C=O) groups excluding carboxylic acids is 1. The zero-order chi connectivity index (χ0) is 21.2. The summed E-state index contributed by atoms with van der Waals surface area (Å²) in [6, 6.07) is 14.5. The van der Waals surface area contributed by atoms with Crippen LogP contribution in [0.2, 0.25) is 0 Å². The van der Waals surface area contributed by atoms with E-state index in [1.807, 2.05) is 29.6 Å². The molecule has 1 aliphatic heterocycles. The predicted molar refractivity (Wildman–Crippen MR) is 120 cm³/mol. The fraction of sp³-hybridized carbons (Fsp3) is 0.227. The van der Waals surface area contributed by atoms with Crippen LogP contribution in [-0.2, 0) is 16.1 Å². The molecule has 2 aromatic carbocycles. The first-order chi connectivity index (χ1) is 15.2. The number of fused-ring (bicyclic) bond motifs is 1. The zero-order valence-electron chi connectivity index (χ0n) is 16.6. The molecule has 5 rings (SSSR count). The number of morpholine rings is 1. The van der Waals surface area contributed by atoms with Gasteiger partial charge in [0, 0.05) is 29.7 Å². The van der Waals surface area contributed by atoms with Gasteiger partial charge in [-0.25, -0.2) is 9.78 Å². The van der Waals surface area contributed by atoms with Gasteiger partial charge in [-0.15, -0.1) is 11.3 Å². The molecule has 9 heteroatoms. The molecular weight excluding hydrogens is 416 g/mol. The van der Waals surface area contributed by atoms with Crippen LogP contribution in [0.3, 0.4) is 0 Å². The molecule has 0 spiro atoms. The second-order valence-corrected chi connectivity index (χ2v) is 8.00. The monoisotopic (exact) mass is 436 g/mol. The van der Waals surface area contributed by atoms with Gasteiger partial charge in [0.25, 0.3) is 0 Å². The van der Waals surface area contributed by atoms with Crippen LogP contribution >= 0.6 is 11.3 Å². The Labute approximate surface area is 181 Å². The number of nitrogens with zero attached hydrogens (tertiary/aromatic N) is 3. The van der Waals surface area contributed by atoms with Gasteiger partial charge in [0.15, 0.2) is 10.7 Å². The second-order valence-electron chi connectivity index (χ2n) is 7.16. The summed E-state index contributed by atoms with van der Waals surface area (Å²) in [5.74, 6) is -0.851. The molecule has 2 aromatic heterocycles. The smallest absolute Gasteiger partial charge is 0.408 e. The minimum absolute atomic E-state index is 0.118. The summed E-state index contributed by atoms with van der Waals surface area (Å²) in [6.45, 7) is 3.04. The number of rotatable bonds is 5. The first-order valence-electron chi connectivity index (χ1n) is 9.94. The van der Waals surface area contributed by atoms with E-state index in [1.54, 1.807) is 35.6 Å². The molecule has 31 heavy (non-hydrogen) atoms. The van der Waals surface area contributed by atoms with Crippen molar-refractivity contribution in [3.8, 4) is 11.3 Å². The number of thiazole rings is 1. The highest BCUT2D eigenvalue weighted by Gasteiger charge is 2.16. The molecule has 1 saturated heterocycles. The maximum absolute atomic E-state index is 12.5. The molecule has 0 unspecified atom stereocenters. The molecule has 4 aromatic rings. The number of amides is 1. The number of carbonyl (C=O) groups is 1. The Balaban J connectivity index is 1.26. The highest BCUT2D eigenvalue weighted by atomic mass is 32.1. The Hall–Kier alpha value is -3.43. The summed E-state index contributed by atoms with van der Waals surface area (Å²) in [7, 11) is 0. The van der Waals surface area contributed by atoms with Crippen LogP contribution in [0.1, 0.15) is 0 Å². The normalized spacial score (nSPS) is 14.1. The molecule has 1 amide bonds. The maximum atomic E-state index is 12.5. The van der Waals surface area contributed by atoms with Gasteiger partial charge in [0.1, 0.15) is 6.54 Å². The van der Waals surface area contributed by atoms with E-state index in [9.17, 15) is 9.59 Å². The van der Waals surface area contributed by atoms with Gasteiger partial charge in [0.05, 0.1) is 24.4 Å². The Bertz CT molecular complexity index is 1270. The van der Waals surface area contributed by atoms with Crippen molar-refractivity contribution in [2.75, 3.05) is 36.5 Å². The number of para-hydroxylation sites is 2. The number of hydrogen-bond donors (Lipinski definition) is 1. The summed E-state index contributed by atoms with van der Waals surface area (Å²) in [6.07, 6.45) is 0. The third-order valence-electron chi connectivity index (χ3n) is 5.11. The molecule has 0 aliphatic carbocycles. The van der Waals surface area contributed by atoms with Gasteiger partial charge in [-0.2, -0.15) is 0 Å². The van der Waals surface area contributed by atoms with Crippen molar-refractivity contribution >= 4 is 39.2 Å². The number of nitrogens with one attached hydrogen (secondary N) is 1. The Kier molecular flexibility index (Phi) is 5.27. The van der Waals surface area contributed by atoms with Crippen LogP contribution in [0.15, 0.2) is 63.1 Å². The summed E-state index contributed by atoms with van der Waals surface area (Å²) in [4.78, 5) is 31.5. The third kappa shape index (κ3) is 4.10. The average molecular weight is 436 g/mol. The van der Waals surface area contributed by atoms with E-state index in [0.29, 0.717) is 16.8 Å². The SMILES string of the molecule is O=C(Cn1c(=O)oc2ccccc21)Nc1ccc(-c2csc(N3CCOCC3)n2)cc1. The Morgan fingerprint density at radius 2 is 1.87 bits per heavy atom. The lowest BCUT2D eigenvalue weighted by molar-refractivity contribution is -0.116. The Morgan fingerprint density at radius 3 is 2.68 bits per heavy atom. The predicted octanol–water partition coefficient (Wildman–Crippen LogP) is 3.19. The minimum atomic E-state index is -0.550. The van der Waals surface area contributed by atoms with Gasteiger partial charge in [0.2, 0.25) is 5.91 Å². The van der Waals surface area contributed by atoms with Crippen LogP contribution in [0, 0.1) is 0 Å². The van der Waals surface area contributed by atoms with Gasteiger partial charge in [-0.05, 0) is 24.3 Å². The lowest BCUT2D eigenvalue weighted by Crippen LogP contribution is -2.36. The average Bonchev–Trinajstić information content (AvgIpc) is 3.40. The summed E-state index contributed by atoms with van der Waals surface area (Å²) < 4.78 is 11.9. The number of hydrogen-bond acceptors (Lipinski definition) is 7. The molecule has 1 fully saturated rings. The second kappa shape index (κ2) is 8.37. The number of aromatic nitrogens is 2. The highest BCUT2D eigenvalue weighted by Crippen LogP contribution is 2.28. The van der Waals surface area contributed by atoms with E-state index in [-0.39, 0.29) is 12.5 Å². The molecule has 0 atom stereocenters. The van der Waals surface area contributed by atoms with Crippen LogP contribution < -0.4 is 16.0 Å². The number of ether oxygens (including phenoxy) is 1. The van der Waals surface area contributed by atoms with Crippen molar-refractivity contribution in [2.24, 2.45) is 0 Å². The van der Waals surface area contributed by atoms with Crippen LogP contribution in [0.25, 0.3) is 22.4 Å². The van der Waals surface area contributed by atoms with Crippen molar-refractivity contribution in [1.82, 2.24) is 9.55 Å². The lowest BCUT2D eigenvalue weighted by Gasteiger charge is -2.26. The molecule has 0 radical (unpaired) electrons. The van der Waals surface area contributed by atoms with E-state index in [2.05, 4.69) is 10.2 Å². The first kappa shape index (κ1) is 19.5. The van der Waals surface area contributed by atoms with Crippen molar-refractivity contribution in [3.05, 3.63) is 64.5 Å². The van der Waals surface area contributed by atoms with Crippen LogP contribution in [0.5, 0.6) is 0 Å². The van der Waals surface area contributed by atoms with E-state index >= 15 is 0 Å². The topological polar surface area (TPSA) is 89.6 Å². The quantitative estimate of drug-likeness (QED) is 0.517. The fourth-order valence-corrected chi connectivity index (χ4v) is 4.42. The molecule has 158 valence electrons. The number of oxazole rings is 1. The van der Waals surface area contributed by atoms with Crippen molar-refractivity contribution in [3.63, 3.8) is 0 Å². The van der Waals surface area contributed by atoms with Gasteiger partial charge in [-0.1, -0.05) is 24.3 Å². The number of anilines is 2. The van der Waals surface area contributed by atoms with E-state index in [0.717, 1.165) is 42.7 Å². The summed E-state index contributed by atoms with van der Waals surface area (Å²) >= 11 is 1.62. The van der Waals surface area contributed by atoms with Gasteiger partial charge in [-0.3, -0.25) is 9.36 Å². The van der Waals surface area contributed by atoms with Crippen LogP contribution in [-0.4, -0.2) is 41.8 Å². The van der Waals surface area contributed by atoms with Crippen molar-refractivity contribution in [2.45, 2.75) is 6.54 Å². The Morgan fingerprint density at radius 1 is 1.10 bits per heavy atom. The highest BCUT2D eigenvalue weighted by molar-refractivity contribution is 7.14. The van der Waals surface area contributed by atoms with Gasteiger partial charge >= 0.3 is 5.76 Å². The molecule has 1 aliphatic rings. The first-order valence-corrected chi connectivity index (χ1v) is 10.8. The van der Waals surface area contributed by atoms with Gasteiger partial charge < -0.3 is 19.4 Å². The van der Waals surface area contributed by atoms with E-state index < -0.39 is 5.76 Å². The third-order valence-corrected chi connectivity index (χ3v) is 6.01. The number of benzene rings is 2. The fourth-order valence-electron chi connectivity index (χ4n) is 3.53. The zero-order valence-corrected chi connectivity index (χ0v) is 17.4. The molecule has 0 saturated carbocycles. The molecule has 1 N–H and O–H groups in total. The molecule has 3 heterocycles. The molecule has 8 nitrogen and oxygen atoms in total. The van der Waals surface area contributed by atoms with Crippen LogP contribution in [0.4, 0.5) is 10.8 Å².